The number of esters is 1. The number of hydrogen-bond acceptors (Lipinski definition) is 5. The molecule has 3 rings (SSSR count). The molecule has 8 heteroatoms. The summed E-state index contributed by atoms with van der Waals surface area (Å²) in [4.78, 5) is 27.9. The Labute approximate surface area is 162 Å². The zero-order valence-corrected chi connectivity index (χ0v) is 16.1. The predicted octanol–water partition coefficient (Wildman–Crippen LogP) is 3.06. The Morgan fingerprint density at radius 1 is 1.22 bits per heavy atom. The molecule has 0 radical (unpaired) electrons. The number of ether oxygens (including phenoxy) is 1. The van der Waals surface area contributed by atoms with E-state index in [2.05, 4.69) is 10.2 Å². The predicted molar refractivity (Wildman–Crippen MR) is 102 cm³/mol. The van der Waals surface area contributed by atoms with Crippen LogP contribution in [-0.4, -0.2) is 50.2 Å². The normalized spacial score (nSPS) is 14.2. The monoisotopic (exact) mass is 391 g/mol. The summed E-state index contributed by atoms with van der Waals surface area (Å²) in [6.45, 7) is 4.52. The number of hydrogen-bond donors (Lipinski definition) is 1. The van der Waals surface area contributed by atoms with Crippen molar-refractivity contribution >= 4 is 29.3 Å². The zero-order valence-electron chi connectivity index (χ0n) is 15.3. The highest BCUT2D eigenvalue weighted by Crippen LogP contribution is 2.26. The number of carbonyl (C=O) groups excluding carboxylic acids is 2. The van der Waals surface area contributed by atoms with Gasteiger partial charge in [-0.1, -0.05) is 23.7 Å². The molecule has 1 aliphatic heterocycles. The highest BCUT2D eigenvalue weighted by Gasteiger charge is 2.23. The van der Waals surface area contributed by atoms with Gasteiger partial charge in [-0.25, -0.2) is 9.59 Å². The van der Waals surface area contributed by atoms with E-state index in [0.29, 0.717) is 48.3 Å². The van der Waals surface area contributed by atoms with Gasteiger partial charge in [-0.15, -0.1) is 0 Å². The van der Waals surface area contributed by atoms with Crippen molar-refractivity contribution in [3.05, 3.63) is 52.4 Å². The number of furan rings is 1. The molecule has 2 amide bonds. The number of methoxy groups -OCH3 is 1. The average Bonchev–Trinajstić information content (AvgIpc) is 3.06. The molecule has 1 aromatic heterocycles. The second-order valence-corrected chi connectivity index (χ2v) is 6.67. The third-order valence-electron chi connectivity index (χ3n) is 4.55. The number of piperazine rings is 1. The van der Waals surface area contributed by atoms with Crippen LogP contribution in [-0.2, 0) is 11.3 Å². The lowest BCUT2D eigenvalue weighted by Gasteiger charge is -2.36. The Balaban J connectivity index is 1.51. The van der Waals surface area contributed by atoms with E-state index in [4.69, 9.17) is 20.8 Å². The fourth-order valence-corrected chi connectivity index (χ4v) is 3.33. The number of aryl methyl sites for hydroxylation is 1. The molecule has 7 nitrogen and oxygen atoms in total. The summed E-state index contributed by atoms with van der Waals surface area (Å²) in [6, 6.07) is 9.13. The van der Waals surface area contributed by atoms with Crippen molar-refractivity contribution in [3.8, 4) is 0 Å². The third kappa shape index (κ3) is 4.36. The number of nitrogens with one attached hydrogen (secondary N) is 1. The van der Waals surface area contributed by atoms with Gasteiger partial charge < -0.3 is 24.3 Å². The highest BCUT2D eigenvalue weighted by atomic mass is 35.5. The number of halogens is 1. The standard InChI is InChI=1S/C19H22ClN3O4/c1-13-15(18(24)26-2)11-14(27-13)12-21-19(25)23-9-7-22(8-10-23)17-6-4-3-5-16(17)20/h3-6,11H,7-10,12H2,1-2H3,(H,21,25). The molecule has 1 aromatic carbocycles. The second kappa shape index (κ2) is 8.35. The number of nitrogens with zero attached hydrogens (tertiary/aromatic N) is 2. The van der Waals surface area contributed by atoms with Gasteiger partial charge in [0.25, 0.3) is 0 Å². The molecule has 0 unspecified atom stereocenters. The van der Waals surface area contributed by atoms with Crippen molar-refractivity contribution < 1.29 is 18.7 Å². The van der Waals surface area contributed by atoms with Crippen LogP contribution < -0.4 is 10.2 Å². The first kappa shape index (κ1) is 19.1. The summed E-state index contributed by atoms with van der Waals surface area (Å²) in [5.74, 6) is 0.528. The van der Waals surface area contributed by atoms with E-state index in [-0.39, 0.29) is 12.6 Å². The van der Waals surface area contributed by atoms with Crippen molar-refractivity contribution in [1.82, 2.24) is 10.2 Å². The van der Waals surface area contributed by atoms with Gasteiger partial charge in [0, 0.05) is 26.2 Å². The van der Waals surface area contributed by atoms with Gasteiger partial charge >= 0.3 is 12.0 Å². The SMILES string of the molecule is COC(=O)c1cc(CNC(=O)N2CCN(c3ccccc3Cl)CC2)oc1C. The van der Waals surface area contributed by atoms with E-state index in [9.17, 15) is 9.59 Å². The molecule has 0 spiro atoms. The van der Waals surface area contributed by atoms with Crippen LogP contribution in [0.2, 0.25) is 5.02 Å². The van der Waals surface area contributed by atoms with Crippen molar-refractivity contribution in [3.63, 3.8) is 0 Å². The first-order valence-electron chi connectivity index (χ1n) is 8.69. The van der Waals surface area contributed by atoms with Gasteiger partial charge in [0.1, 0.15) is 17.1 Å². The lowest BCUT2D eigenvalue weighted by Crippen LogP contribution is -2.51. The number of carbonyl (C=O) groups is 2. The molecular weight excluding hydrogens is 370 g/mol. The second-order valence-electron chi connectivity index (χ2n) is 6.26. The maximum absolute atomic E-state index is 12.4. The third-order valence-corrected chi connectivity index (χ3v) is 4.87. The molecule has 1 saturated heterocycles. The number of urea groups is 1. The lowest BCUT2D eigenvalue weighted by molar-refractivity contribution is 0.0598. The van der Waals surface area contributed by atoms with Crippen molar-refractivity contribution in [2.75, 3.05) is 38.2 Å². The number of benzene rings is 1. The number of amides is 2. The van der Waals surface area contributed by atoms with Gasteiger partial charge in [-0.2, -0.15) is 0 Å². The molecular formula is C19H22ClN3O4. The van der Waals surface area contributed by atoms with E-state index in [1.54, 1.807) is 17.9 Å². The summed E-state index contributed by atoms with van der Waals surface area (Å²) in [5.41, 5.74) is 1.36. The Morgan fingerprint density at radius 2 is 1.93 bits per heavy atom. The van der Waals surface area contributed by atoms with E-state index in [1.165, 1.54) is 7.11 Å². The van der Waals surface area contributed by atoms with Crippen molar-refractivity contribution in [2.24, 2.45) is 0 Å². The van der Waals surface area contributed by atoms with Crippen LogP contribution in [0, 0.1) is 6.92 Å². The van der Waals surface area contributed by atoms with E-state index < -0.39 is 5.97 Å². The fraction of sp³-hybridized carbons (Fsp3) is 0.368. The number of anilines is 1. The van der Waals surface area contributed by atoms with Crippen LogP contribution in [0.15, 0.2) is 34.7 Å². The summed E-state index contributed by atoms with van der Waals surface area (Å²) in [6.07, 6.45) is 0. The van der Waals surface area contributed by atoms with E-state index in [1.807, 2.05) is 24.3 Å². The van der Waals surface area contributed by atoms with Crippen molar-refractivity contribution in [1.29, 1.82) is 0 Å². The molecule has 0 bridgehead atoms. The largest absolute Gasteiger partial charge is 0.465 e. The highest BCUT2D eigenvalue weighted by molar-refractivity contribution is 6.33. The Kier molecular flexibility index (Phi) is 5.91. The summed E-state index contributed by atoms with van der Waals surface area (Å²) < 4.78 is 10.2. The quantitative estimate of drug-likeness (QED) is 0.811. The van der Waals surface area contributed by atoms with E-state index in [0.717, 1.165) is 5.69 Å². The molecule has 2 aromatic rings. The molecule has 144 valence electrons. The molecule has 27 heavy (non-hydrogen) atoms. The maximum Gasteiger partial charge on any atom is 0.341 e. The van der Waals surface area contributed by atoms with Crippen molar-refractivity contribution in [2.45, 2.75) is 13.5 Å². The minimum atomic E-state index is -0.454. The minimum absolute atomic E-state index is 0.164. The first-order valence-corrected chi connectivity index (χ1v) is 9.07. The number of para-hydroxylation sites is 1. The summed E-state index contributed by atoms with van der Waals surface area (Å²) in [5, 5.41) is 3.54. The summed E-state index contributed by atoms with van der Waals surface area (Å²) >= 11 is 6.24. The maximum atomic E-state index is 12.4. The molecule has 1 aliphatic rings. The molecule has 0 saturated carbocycles. The fourth-order valence-electron chi connectivity index (χ4n) is 3.08. The molecule has 1 N–H and O–H groups in total. The lowest BCUT2D eigenvalue weighted by atomic mass is 10.2. The van der Waals surface area contributed by atoms with Crippen LogP contribution in [0.3, 0.4) is 0 Å². The minimum Gasteiger partial charge on any atom is -0.465 e. The number of rotatable bonds is 4. The Hall–Kier alpha value is -2.67. The smallest absolute Gasteiger partial charge is 0.341 e. The zero-order chi connectivity index (χ0) is 19.4. The van der Waals surface area contributed by atoms with Gasteiger partial charge in [0.15, 0.2) is 0 Å². The van der Waals surface area contributed by atoms with Crippen LogP contribution >= 0.6 is 11.6 Å². The van der Waals surface area contributed by atoms with Gasteiger partial charge in [0.2, 0.25) is 0 Å². The van der Waals surface area contributed by atoms with Crippen LogP contribution in [0.5, 0.6) is 0 Å². The average molecular weight is 392 g/mol. The Bertz CT molecular complexity index is 828. The van der Waals surface area contributed by atoms with E-state index >= 15 is 0 Å². The molecule has 0 aliphatic carbocycles. The topological polar surface area (TPSA) is 75.0 Å². The Morgan fingerprint density at radius 3 is 2.59 bits per heavy atom. The van der Waals surface area contributed by atoms with Gasteiger partial charge in [-0.05, 0) is 25.1 Å². The van der Waals surface area contributed by atoms with Crippen LogP contribution in [0.1, 0.15) is 21.9 Å². The van der Waals surface area contributed by atoms with Gasteiger partial charge in [-0.3, -0.25) is 0 Å². The summed E-state index contributed by atoms with van der Waals surface area (Å²) in [7, 11) is 1.32. The van der Waals surface area contributed by atoms with Gasteiger partial charge in [0.05, 0.1) is 24.4 Å². The molecule has 1 fully saturated rings. The van der Waals surface area contributed by atoms with Crippen LogP contribution in [0.4, 0.5) is 10.5 Å². The molecule has 2 heterocycles. The molecule has 0 atom stereocenters. The first-order chi connectivity index (χ1) is 13.0. The van der Waals surface area contributed by atoms with Crippen LogP contribution in [0.25, 0.3) is 0 Å².